The zero-order valence-electron chi connectivity index (χ0n) is 13.2. The van der Waals surface area contributed by atoms with E-state index >= 15 is 0 Å². The van der Waals surface area contributed by atoms with Crippen LogP contribution in [0.2, 0.25) is 0 Å². The molecule has 0 saturated heterocycles. The highest BCUT2D eigenvalue weighted by Gasteiger charge is 2.31. The molecule has 1 N–H and O–H groups in total. The molecule has 0 heterocycles. The van der Waals surface area contributed by atoms with Gasteiger partial charge in [0.05, 0.1) is 0 Å². The fraction of sp³-hybridized carbons (Fsp3) is 0.647. The predicted octanol–water partition coefficient (Wildman–Crippen LogP) is 3.71. The molecule has 1 aromatic carbocycles. The molecular formula is C17H30N2. The number of hydrogen-bond donors (Lipinski definition) is 1. The summed E-state index contributed by atoms with van der Waals surface area (Å²) < 4.78 is 0. The van der Waals surface area contributed by atoms with Gasteiger partial charge in [-0.3, -0.25) is 0 Å². The Morgan fingerprint density at radius 2 is 1.79 bits per heavy atom. The van der Waals surface area contributed by atoms with Crippen LogP contribution in [0.4, 0.5) is 0 Å². The van der Waals surface area contributed by atoms with Crippen molar-refractivity contribution in [2.24, 2.45) is 5.41 Å². The molecule has 2 nitrogen and oxygen atoms in total. The zero-order valence-corrected chi connectivity index (χ0v) is 13.2. The maximum absolute atomic E-state index is 3.50. The van der Waals surface area contributed by atoms with Gasteiger partial charge in [-0.25, -0.2) is 0 Å². The largest absolute Gasteiger partial charge is 0.313 e. The lowest BCUT2D eigenvalue weighted by molar-refractivity contribution is 0.144. The summed E-state index contributed by atoms with van der Waals surface area (Å²) in [6.45, 7) is 12.7. The molecule has 0 aliphatic carbocycles. The SMILES string of the molecule is CCCN(CC)CC(C)(C)C(NC)c1ccccc1. The molecule has 19 heavy (non-hydrogen) atoms. The van der Waals surface area contributed by atoms with Crippen LogP contribution in [0, 0.1) is 5.41 Å². The topological polar surface area (TPSA) is 15.3 Å². The first-order valence-electron chi connectivity index (χ1n) is 7.49. The van der Waals surface area contributed by atoms with Crippen LogP contribution in [-0.2, 0) is 0 Å². The third-order valence-electron chi connectivity index (χ3n) is 3.82. The molecule has 1 unspecified atom stereocenters. The zero-order chi connectivity index (χ0) is 14.3. The summed E-state index contributed by atoms with van der Waals surface area (Å²) in [5, 5.41) is 3.50. The lowest BCUT2D eigenvalue weighted by Gasteiger charge is -2.38. The van der Waals surface area contributed by atoms with E-state index in [4.69, 9.17) is 0 Å². The Balaban J connectivity index is 2.83. The van der Waals surface area contributed by atoms with Crippen molar-refractivity contribution in [3.8, 4) is 0 Å². The van der Waals surface area contributed by atoms with Gasteiger partial charge in [0, 0.05) is 12.6 Å². The van der Waals surface area contributed by atoms with E-state index in [2.05, 4.69) is 75.3 Å². The van der Waals surface area contributed by atoms with E-state index in [1.165, 1.54) is 18.5 Å². The summed E-state index contributed by atoms with van der Waals surface area (Å²) in [5.74, 6) is 0. The summed E-state index contributed by atoms with van der Waals surface area (Å²) in [6.07, 6.45) is 1.22. The average molecular weight is 262 g/mol. The van der Waals surface area contributed by atoms with Gasteiger partial charge in [-0.1, -0.05) is 58.0 Å². The van der Waals surface area contributed by atoms with Gasteiger partial charge in [0.1, 0.15) is 0 Å². The molecule has 0 aromatic heterocycles. The number of nitrogens with zero attached hydrogens (tertiary/aromatic N) is 1. The van der Waals surface area contributed by atoms with Gasteiger partial charge < -0.3 is 10.2 Å². The van der Waals surface area contributed by atoms with Crippen molar-refractivity contribution >= 4 is 0 Å². The first-order valence-corrected chi connectivity index (χ1v) is 7.49. The lowest BCUT2D eigenvalue weighted by Crippen LogP contribution is -2.42. The molecule has 1 atom stereocenters. The smallest absolute Gasteiger partial charge is 0.0381 e. The van der Waals surface area contributed by atoms with Crippen LogP contribution in [0.15, 0.2) is 30.3 Å². The second-order valence-corrected chi connectivity index (χ2v) is 5.99. The molecule has 0 spiro atoms. The third kappa shape index (κ3) is 4.63. The molecule has 108 valence electrons. The molecule has 0 bridgehead atoms. The third-order valence-corrected chi connectivity index (χ3v) is 3.82. The molecule has 0 saturated carbocycles. The maximum atomic E-state index is 3.50. The maximum Gasteiger partial charge on any atom is 0.0381 e. The van der Waals surface area contributed by atoms with Gasteiger partial charge in [0.25, 0.3) is 0 Å². The van der Waals surface area contributed by atoms with Crippen LogP contribution in [0.3, 0.4) is 0 Å². The first-order chi connectivity index (χ1) is 9.05. The standard InChI is InChI=1S/C17H30N2/c1-6-13-19(7-2)14-17(3,4)16(18-5)15-11-9-8-10-12-15/h8-12,16,18H,6-7,13-14H2,1-5H3. The van der Waals surface area contributed by atoms with Crippen molar-refractivity contribution in [3.05, 3.63) is 35.9 Å². The number of nitrogens with one attached hydrogen (secondary N) is 1. The Hall–Kier alpha value is -0.860. The lowest BCUT2D eigenvalue weighted by atomic mass is 9.80. The Morgan fingerprint density at radius 3 is 2.26 bits per heavy atom. The van der Waals surface area contributed by atoms with Crippen molar-refractivity contribution in [2.45, 2.75) is 40.2 Å². The Kier molecular flexibility index (Phi) is 6.53. The van der Waals surface area contributed by atoms with E-state index in [1.54, 1.807) is 0 Å². The summed E-state index contributed by atoms with van der Waals surface area (Å²) in [4.78, 5) is 2.55. The molecule has 0 fully saturated rings. The molecule has 0 aliphatic rings. The van der Waals surface area contributed by atoms with E-state index in [1.807, 2.05) is 0 Å². The minimum absolute atomic E-state index is 0.210. The minimum Gasteiger partial charge on any atom is -0.313 e. The normalized spacial score (nSPS) is 13.8. The summed E-state index contributed by atoms with van der Waals surface area (Å²) in [6, 6.07) is 11.2. The summed E-state index contributed by atoms with van der Waals surface area (Å²) in [5.41, 5.74) is 1.59. The highest BCUT2D eigenvalue weighted by Crippen LogP contribution is 2.33. The Labute approximate surface area is 119 Å². The second kappa shape index (κ2) is 7.66. The highest BCUT2D eigenvalue weighted by molar-refractivity contribution is 5.21. The van der Waals surface area contributed by atoms with Gasteiger partial charge in [-0.15, -0.1) is 0 Å². The average Bonchev–Trinajstić information content (AvgIpc) is 2.39. The fourth-order valence-corrected chi connectivity index (χ4v) is 2.99. The summed E-state index contributed by atoms with van der Waals surface area (Å²) >= 11 is 0. The van der Waals surface area contributed by atoms with E-state index < -0.39 is 0 Å². The van der Waals surface area contributed by atoms with Crippen molar-refractivity contribution in [1.29, 1.82) is 0 Å². The number of rotatable bonds is 8. The van der Waals surface area contributed by atoms with Gasteiger partial charge in [0.15, 0.2) is 0 Å². The Morgan fingerprint density at radius 1 is 1.16 bits per heavy atom. The minimum atomic E-state index is 0.210. The van der Waals surface area contributed by atoms with Crippen molar-refractivity contribution in [2.75, 3.05) is 26.7 Å². The van der Waals surface area contributed by atoms with Crippen LogP contribution < -0.4 is 5.32 Å². The van der Waals surface area contributed by atoms with Crippen LogP contribution in [0.5, 0.6) is 0 Å². The molecule has 1 rings (SSSR count). The molecule has 1 aromatic rings. The quantitative estimate of drug-likeness (QED) is 0.768. The first kappa shape index (κ1) is 16.2. The fourth-order valence-electron chi connectivity index (χ4n) is 2.99. The van der Waals surface area contributed by atoms with E-state index in [9.17, 15) is 0 Å². The predicted molar refractivity (Wildman–Crippen MR) is 84.4 cm³/mol. The van der Waals surface area contributed by atoms with Gasteiger partial charge in [0.2, 0.25) is 0 Å². The van der Waals surface area contributed by atoms with Crippen LogP contribution in [0.25, 0.3) is 0 Å². The van der Waals surface area contributed by atoms with Crippen molar-refractivity contribution in [1.82, 2.24) is 10.2 Å². The van der Waals surface area contributed by atoms with Gasteiger partial charge in [-0.2, -0.15) is 0 Å². The molecule has 0 amide bonds. The van der Waals surface area contributed by atoms with Crippen molar-refractivity contribution < 1.29 is 0 Å². The van der Waals surface area contributed by atoms with Gasteiger partial charge >= 0.3 is 0 Å². The Bertz CT molecular complexity index is 346. The molecule has 0 aliphatic heterocycles. The molecule has 2 heteroatoms. The van der Waals surface area contributed by atoms with Gasteiger partial charge in [-0.05, 0) is 37.5 Å². The highest BCUT2D eigenvalue weighted by atomic mass is 15.1. The van der Waals surface area contributed by atoms with Crippen LogP contribution in [0.1, 0.15) is 45.7 Å². The van der Waals surface area contributed by atoms with Crippen LogP contribution >= 0.6 is 0 Å². The van der Waals surface area contributed by atoms with E-state index in [0.29, 0.717) is 6.04 Å². The monoisotopic (exact) mass is 262 g/mol. The molecule has 0 radical (unpaired) electrons. The second-order valence-electron chi connectivity index (χ2n) is 5.99. The van der Waals surface area contributed by atoms with E-state index in [0.717, 1.165) is 13.1 Å². The van der Waals surface area contributed by atoms with Crippen LogP contribution in [-0.4, -0.2) is 31.6 Å². The van der Waals surface area contributed by atoms with E-state index in [-0.39, 0.29) is 5.41 Å². The number of hydrogen-bond acceptors (Lipinski definition) is 2. The van der Waals surface area contributed by atoms with Crippen molar-refractivity contribution in [3.63, 3.8) is 0 Å². The molecular weight excluding hydrogens is 232 g/mol. The number of benzene rings is 1. The summed E-state index contributed by atoms with van der Waals surface area (Å²) in [7, 11) is 2.07.